The van der Waals surface area contributed by atoms with Crippen LogP contribution in [0, 0.1) is 0 Å². The van der Waals surface area contributed by atoms with Crippen molar-refractivity contribution >= 4 is 23.5 Å². The van der Waals surface area contributed by atoms with Gasteiger partial charge < -0.3 is 14.9 Å². The van der Waals surface area contributed by atoms with Crippen molar-refractivity contribution < 1.29 is 73.2 Å². The van der Waals surface area contributed by atoms with Crippen LogP contribution in [0.4, 0.5) is 43.9 Å². The molecule has 17 heteroatoms. The van der Waals surface area contributed by atoms with Crippen LogP contribution in [0.3, 0.4) is 0 Å². The summed E-state index contributed by atoms with van der Waals surface area (Å²) in [4.78, 5) is 21.7. The Morgan fingerprint density at radius 3 is 1.50 bits per heavy atom. The van der Waals surface area contributed by atoms with Crippen molar-refractivity contribution in [2.75, 3.05) is 0 Å². The second kappa shape index (κ2) is 7.64. The lowest BCUT2D eigenvalue weighted by Crippen LogP contribution is -2.59. The summed E-state index contributed by atoms with van der Waals surface area (Å²) in [5.74, 6) is -12.6. The molecule has 0 saturated heterocycles. The number of aromatic carboxylic acids is 2. The topological polar surface area (TPSA) is 93.1 Å². The molecule has 0 fully saturated rings. The average Bonchev–Trinajstić information content (AvgIpc) is 2.51. The number of hydrogen-bond donors (Lipinski definition) is 2. The number of halogens is 11. The van der Waals surface area contributed by atoms with Crippen molar-refractivity contribution in [3.05, 3.63) is 29.3 Å². The van der Waals surface area contributed by atoms with Crippen LogP contribution in [0.15, 0.2) is 18.2 Å². The molecule has 0 amide bonds. The molecule has 6 nitrogen and oxygen atoms in total. The normalized spacial score (nSPS) is 15.4. The van der Waals surface area contributed by atoms with Crippen LogP contribution in [0.25, 0.3) is 0 Å². The molecule has 1 rings (SSSR count). The number of rotatable bonds is 8. The molecule has 1 atom stereocenters. The lowest BCUT2D eigenvalue weighted by atomic mass is 10.1. The number of carboxylic acids is 2. The largest absolute Gasteiger partial charge is 0.478 e. The number of carboxylic acid groups (broad SMARTS) is 2. The number of carbonyl (C=O) groups is 2. The summed E-state index contributed by atoms with van der Waals surface area (Å²) in [6.07, 6.45) is -20.0. The highest BCUT2D eigenvalue weighted by Gasteiger charge is 2.78. The van der Waals surface area contributed by atoms with Gasteiger partial charge in [0.15, 0.2) is 0 Å². The van der Waals surface area contributed by atoms with Crippen LogP contribution >= 0.6 is 11.6 Å². The van der Waals surface area contributed by atoms with Gasteiger partial charge in [-0.15, -0.1) is 0 Å². The molecule has 2 N–H and O–H groups in total. The summed E-state index contributed by atoms with van der Waals surface area (Å²) in [5.41, 5.74) is -2.12. The summed E-state index contributed by atoms with van der Waals surface area (Å²) < 4.78 is 134. The van der Waals surface area contributed by atoms with Crippen molar-refractivity contribution in [1.29, 1.82) is 0 Å². The Hall–Kier alpha value is -2.49. The number of hydrogen-bond acceptors (Lipinski definition) is 4. The van der Waals surface area contributed by atoms with Gasteiger partial charge in [-0.2, -0.15) is 43.9 Å². The van der Waals surface area contributed by atoms with Gasteiger partial charge in [0.2, 0.25) is 0 Å². The third-order valence-corrected chi connectivity index (χ3v) is 3.26. The third kappa shape index (κ3) is 4.97. The Bertz CT molecular complexity index is 806. The van der Waals surface area contributed by atoms with Crippen LogP contribution in [0.5, 0.6) is 5.75 Å². The Kier molecular flexibility index (Phi) is 6.51. The first-order chi connectivity index (χ1) is 13.1. The van der Waals surface area contributed by atoms with E-state index in [1.165, 1.54) is 0 Å². The van der Waals surface area contributed by atoms with Gasteiger partial charge in [-0.25, -0.2) is 9.59 Å². The predicted molar refractivity (Wildman–Crippen MR) is 72.7 cm³/mol. The summed E-state index contributed by atoms with van der Waals surface area (Å²) in [6, 6.07) is 0.615. The van der Waals surface area contributed by atoms with E-state index < -0.39 is 58.4 Å². The zero-order valence-corrected chi connectivity index (χ0v) is 14.2. The SMILES string of the molecule is O=C(O)c1cc(OC(F)(F)C(F)(Cl)OC(F)(F)C(F)(F)C(F)(F)F)cc(C(=O)O)c1. The quantitative estimate of drug-likeness (QED) is 0.411. The molecule has 0 aliphatic carbocycles. The Labute approximate surface area is 162 Å². The Morgan fingerprint density at radius 2 is 1.17 bits per heavy atom. The smallest absolute Gasteiger partial charge is 0.475 e. The molecule has 0 spiro atoms. The number of ether oxygens (including phenoxy) is 2. The second-order valence-corrected chi connectivity index (χ2v) is 5.67. The van der Waals surface area contributed by atoms with Crippen molar-refractivity contribution in [3.8, 4) is 5.75 Å². The van der Waals surface area contributed by atoms with E-state index in [4.69, 9.17) is 10.2 Å². The standard InChI is InChI=1S/C13H5ClF10O6/c14-10(17,30-12(21,22)9(15,16)11(18,19)20)13(23,24)29-6-2-4(7(25)26)1-5(3-6)8(27)28/h1-3H,(H,25,26)(H,27,28). The van der Waals surface area contributed by atoms with Crippen LogP contribution in [0.1, 0.15) is 20.7 Å². The first-order valence-electron chi connectivity index (χ1n) is 6.73. The minimum Gasteiger partial charge on any atom is -0.478 e. The van der Waals surface area contributed by atoms with E-state index in [-0.39, 0.29) is 12.1 Å². The molecule has 0 aliphatic rings. The summed E-state index contributed by atoms with van der Waals surface area (Å²) in [6.45, 7) is 0. The van der Waals surface area contributed by atoms with E-state index in [1.54, 1.807) is 0 Å². The molecular formula is C13H5ClF10O6. The molecule has 0 bridgehead atoms. The maximum Gasteiger partial charge on any atom is 0.475 e. The van der Waals surface area contributed by atoms with Crippen molar-refractivity contribution in [2.24, 2.45) is 0 Å². The van der Waals surface area contributed by atoms with Crippen LogP contribution < -0.4 is 4.74 Å². The zero-order valence-electron chi connectivity index (χ0n) is 13.4. The van der Waals surface area contributed by atoms with Crippen molar-refractivity contribution in [1.82, 2.24) is 0 Å². The molecule has 0 saturated carbocycles. The molecule has 0 radical (unpaired) electrons. The molecule has 0 heterocycles. The molecule has 1 aromatic carbocycles. The zero-order chi connectivity index (χ0) is 23.9. The molecule has 0 aromatic heterocycles. The van der Waals surface area contributed by atoms with E-state index in [0.29, 0.717) is 6.07 Å². The maximum atomic E-state index is 13.8. The third-order valence-electron chi connectivity index (χ3n) is 2.96. The summed E-state index contributed by atoms with van der Waals surface area (Å²) in [7, 11) is 0. The van der Waals surface area contributed by atoms with Crippen LogP contribution in [-0.4, -0.2) is 51.8 Å². The van der Waals surface area contributed by atoms with Gasteiger partial charge >= 0.3 is 41.6 Å². The molecule has 1 unspecified atom stereocenters. The van der Waals surface area contributed by atoms with Gasteiger partial charge in [-0.1, -0.05) is 0 Å². The average molecular weight is 483 g/mol. The molecular weight excluding hydrogens is 478 g/mol. The number of alkyl halides is 11. The highest BCUT2D eigenvalue weighted by molar-refractivity contribution is 6.22. The highest BCUT2D eigenvalue weighted by Crippen LogP contribution is 2.51. The lowest BCUT2D eigenvalue weighted by molar-refractivity contribution is -0.469. The van der Waals surface area contributed by atoms with E-state index >= 15 is 0 Å². The van der Waals surface area contributed by atoms with Gasteiger partial charge in [0.25, 0.3) is 0 Å². The second-order valence-electron chi connectivity index (χ2n) is 5.18. The van der Waals surface area contributed by atoms with E-state index in [0.717, 1.165) is 0 Å². The summed E-state index contributed by atoms with van der Waals surface area (Å²) in [5, 5.41) is 11.6. The fourth-order valence-corrected chi connectivity index (χ4v) is 1.70. The molecule has 0 aliphatic heterocycles. The fourth-order valence-electron chi connectivity index (χ4n) is 1.56. The highest BCUT2D eigenvalue weighted by atomic mass is 35.5. The fraction of sp³-hybridized carbons (Fsp3) is 0.385. The predicted octanol–water partition coefficient (Wildman–Crippen LogP) is 4.72. The van der Waals surface area contributed by atoms with Gasteiger partial charge in [-0.05, 0) is 29.8 Å². The monoisotopic (exact) mass is 482 g/mol. The maximum absolute atomic E-state index is 13.8. The molecule has 1 aromatic rings. The first-order valence-corrected chi connectivity index (χ1v) is 7.11. The Morgan fingerprint density at radius 1 is 0.767 bits per heavy atom. The van der Waals surface area contributed by atoms with Crippen LogP contribution in [0.2, 0.25) is 0 Å². The van der Waals surface area contributed by atoms with E-state index in [1.807, 2.05) is 0 Å². The Balaban J connectivity index is 3.31. The van der Waals surface area contributed by atoms with E-state index in [2.05, 4.69) is 21.1 Å². The molecule has 170 valence electrons. The van der Waals surface area contributed by atoms with Gasteiger partial charge in [0, 0.05) is 0 Å². The number of benzene rings is 1. The van der Waals surface area contributed by atoms with Gasteiger partial charge in [0.1, 0.15) is 5.75 Å². The van der Waals surface area contributed by atoms with Gasteiger partial charge in [-0.3, -0.25) is 4.74 Å². The minimum absolute atomic E-state index is 0.109. The minimum atomic E-state index is -7.18. The first kappa shape index (κ1) is 25.5. The molecule has 30 heavy (non-hydrogen) atoms. The van der Waals surface area contributed by atoms with Crippen molar-refractivity contribution in [3.63, 3.8) is 0 Å². The summed E-state index contributed by atoms with van der Waals surface area (Å²) >= 11 is 4.25. The van der Waals surface area contributed by atoms with E-state index in [9.17, 15) is 53.5 Å². The van der Waals surface area contributed by atoms with Crippen LogP contribution in [-0.2, 0) is 4.74 Å². The lowest BCUT2D eigenvalue weighted by Gasteiger charge is -2.34. The van der Waals surface area contributed by atoms with Gasteiger partial charge in [0.05, 0.1) is 11.1 Å². The van der Waals surface area contributed by atoms with Crippen molar-refractivity contribution in [2.45, 2.75) is 29.6 Å².